The molecule has 0 aliphatic heterocycles. The van der Waals surface area contributed by atoms with E-state index in [-0.39, 0.29) is 26.9 Å². The first-order valence-electron chi connectivity index (χ1n) is 12.2. The molecule has 0 fully saturated rings. The topological polar surface area (TPSA) is 113 Å². The number of sulfonamides is 2. The summed E-state index contributed by atoms with van der Waals surface area (Å²) in [6.45, 7) is 1.02. The Labute approximate surface area is 256 Å². The number of rotatable bonds is 9. The van der Waals surface area contributed by atoms with Gasteiger partial charge in [-0.25, -0.2) is 16.8 Å². The van der Waals surface area contributed by atoms with Gasteiger partial charge in [0, 0.05) is 16.4 Å². The van der Waals surface area contributed by atoms with Crippen LogP contribution in [-0.2, 0) is 31.0 Å². The van der Waals surface area contributed by atoms with E-state index < -0.39 is 49.3 Å². The molecule has 0 radical (unpaired) electrons. The van der Waals surface area contributed by atoms with Gasteiger partial charge in [-0.05, 0) is 85.3 Å². The lowest BCUT2D eigenvalue weighted by atomic mass is 10.2. The maximum Gasteiger partial charge on any atom is 0.417 e. The number of hydrogen-bond donors (Lipinski definition) is 2. The molecule has 0 bridgehead atoms. The van der Waals surface area contributed by atoms with Crippen molar-refractivity contribution in [2.24, 2.45) is 0 Å². The van der Waals surface area contributed by atoms with Gasteiger partial charge in [0.2, 0.25) is 5.91 Å². The highest BCUT2D eigenvalue weighted by Gasteiger charge is 2.34. The molecule has 0 aromatic heterocycles. The summed E-state index contributed by atoms with van der Waals surface area (Å²) < 4.78 is 95.1. The summed E-state index contributed by atoms with van der Waals surface area (Å²) in [4.78, 5) is 12.7. The molecule has 8 nitrogen and oxygen atoms in total. The Hall–Kier alpha value is -3.78. The number of carbonyl (C=O) groups excluding carboxylic acids is 1. The van der Waals surface area contributed by atoms with E-state index in [9.17, 15) is 34.8 Å². The molecule has 226 valence electrons. The van der Waals surface area contributed by atoms with Crippen LogP contribution in [0.25, 0.3) is 0 Å². The maximum absolute atomic E-state index is 13.5. The summed E-state index contributed by atoms with van der Waals surface area (Å²) in [5, 5.41) is 2.32. The second kappa shape index (κ2) is 12.4. The molecule has 4 rings (SSSR count). The van der Waals surface area contributed by atoms with Crippen molar-refractivity contribution in [1.29, 1.82) is 0 Å². The van der Waals surface area contributed by atoms with Crippen LogP contribution in [0.3, 0.4) is 0 Å². The van der Waals surface area contributed by atoms with Crippen LogP contribution in [0, 0.1) is 6.92 Å². The fourth-order valence-electron chi connectivity index (χ4n) is 3.99. The van der Waals surface area contributed by atoms with Crippen LogP contribution >= 0.6 is 23.2 Å². The largest absolute Gasteiger partial charge is 0.417 e. The molecule has 4 aromatic carbocycles. The molecule has 4 aromatic rings. The highest BCUT2D eigenvalue weighted by molar-refractivity contribution is 7.93. The Balaban J connectivity index is 1.54. The normalized spacial score (nSPS) is 12.0. The van der Waals surface area contributed by atoms with Crippen molar-refractivity contribution in [2.45, 2.75) is 22.9 Å². The monoisotopic (exact) mass is 671 g/mol. The van der Waals surface area contributed by atoms with Gasteiger partial charge in [-0.1, -0.05) is 41.4 Å². The lowest BCUT2D eigenvalue weighted by Crippen LogP contribution is -2.38. The number of halogens is 5. The molecule has 0 aliphatic carbocycles. The molecule has 0 saturated carbocycles. The van der Waals surface area contributed by atoms with Gasteiger partial charge in [0.25, 0.3) is 20.0 Å². The van der Waals surface area contributed by atoms with Crippen LogP contribution in [0.1, 0.15) is 11.1 Å². The maximum atomic E-state index is 13.5. The van der Waals surface area contributed by atoms with Gasteiger partial charge in [-0.2, -0.15) is 13.2 Å². The molecule has 15 heteroatoms. The van der Waals surface area contributed by atoms with Crippen LogP contribution in [0.4, 0.5) is 30.2 Å². The van der Waals surface area contributed by atoms with Gasteiger partial charge in [0.05, 0.1) is 26.1 Å². The second-order valence-electron chi connectivity index (χ2n) is 9.13. The number of hydrogen-bond acceptors (Lipinski definition) is 5. The Morgan fingerprint density at radius 2 is 1.44 bits per heavy atom. The van der Waals surface area contributed by atoms with E-state index in [1.165, 1.54) is 36.4 Å². The Morgan fingerprint density at radius 1 is 0.814 bits per heavy atom. The average Bonchev–Trinajstić information content (AvgIpc) is 2.93. The van der Waals surface area contributed by atoms with Gasteiger partial charge in [-0.15, -0.1) is 0 Å². The number of aryl methyl sites for hydroxylation is 1. The van der Waals surface area contributed by atoms with Crippen molar-refractivity contribution in [3.63, 3.8) is 0 Å². The third-order valence-electron chi connectivity index (χ3n) is 6.02. The average molecular weight is 673 g/mol. The quantitative estimate of drug-likeness (QED) is 0.200. The van der Waals surface area contributed by atoms with Crippen molar-refractivity contribution < 1.29 is 34.8 Å². The summed E-state index contributed by atoms with van der Waals surface area (Å²) in [5.74, 6) is -0.733. The second-order valence-corrected chi connectivity index (χ2v) is 13.5. The fraction of sp³-hybridized carbons (Fsp3) is 0.107. The summed E-state index contributed by atoms with van der Waals surface area (Å²) in [6.07, 6.45) is -4.79. The predicted molar refractivity (Wildman–Crippen MR) is 159 cm³/mol. The van der Waals surface area contributed by atoms with Gasteiger partial charge < -0.3 is 5.32 Å². The lowest BCUT2D eigenvalue weighted by Gasteiger charge is -2.25. The number of nitrogens with zero attached hydrogens (tertiary/aromatic N) is 1. The highest BCUT2D eigenvalue weighted by atomic mass is 35.5. The van der Waals surface area contributed by atoms with Crippen LogP contribution in [0.5, 0.6) is 0 Å². The van der Waals surface area contributed by atoms with Crippen LogP contribution < -0.4 is 14.3 Å². The molecule has 0 spiro atoms. The summed E-state index contributed by atoms with van der Waals surface area (Å²) >= 11 is 11.6. The molecule has 0 atom stereocenters. The zero-order valence-corrected chi connectivity index (χ0v) is 25.2. The smallest absolute Gasteiger partial charge is 0.325 e. The van der Waals surface area contributed by atoms with E-state index in [0.717, 1.165) is 28.6 Å². The third-order valence-corrected chi connectivity index (χ3v) is 9.75. The molecule has 2 N–H and O–H groups in total. The van der Waals surface area contributed by atoms with Crippen LogP contribution in [0.2, 0.25) is 10.0 Å². The van der Waals surface area contributed by atoms with Crippen LogP contribution in [0.15, 0.2) is 101 Å². The Kier molecular flexibility index (Phi) is 9.30. The van der Waals surface area contributed by atoms with Gasteiger partial charge in [-0.3, -0.25) is 13.8 Å². The molecular weight excluding hydrogens is 650 g/mol. The molecule has 0 saturated heterocycles. The van der Waals surface area contributed by atoms with E-state index in [1.54, 1.807) is 31.2 Å². The molecule has 1 amide bonds. The van der Waals surface area contributed by atoms with Crippen LogP contribution in [-0.4, -0.2) is 29.3 Å². The predicted octanol–water partition coefficient (Wildman–Crippen LogP) is 6.96. The number of carbonyl (C=O) groups is 1. The summed E-state index contributed by atoms with van der Waals surface area (Å²) in [7, 11) is -8.50. The number of alkyl halides is 3. The first kappa shape index (κ1) is 32.1. The van der Waals surface area contributed by atoms with E-state index in [2.05, 4.69) is 10.0 Å². The Bertz CT molecular complexity index is 1870. The van der Waals surface area contributed by atoms with Crippen molar-refractivity contribution >= 4 is 66.2 Å². The molecule has 43 heavy (non-hydrogen) atoms. The summed E-state index contributed by atoms with van der Waals surface area (Å²) in [5.41, 5.74) is -0.688. The molecule has 0 aliphatic rings. The van der Waals surface area contributed by atoms with E-state index >= 15 is 0 Å². The first-order chi connectivity index (χ1) is 20.1. The van der Waals surface area contributed by atoms with Gasteiger partial charge in [0.15, 0.2) is 0 Å². The minimum absolute atomic E-state index is 0.0396. The van der Waals surface area contributed by atoms with Crippen molar-refractivity contribution in [1.82, 2.24) is 0 Å². The van der Waals surface area contributed by atoms with E-state index in [4.69, 9.17) is 23.2 Å². The molecule has 0 unspecified atom stereocenters. The van der Waals surface area contributed by atoms with Crippen molar-refractivity contribution in [3.05, 3.63) is 112 Å². The van der Waals surface area contributed by atoms with E-state index in [1.807, 2.05) is 0 Å². The van der Waals surface area contributed by atoms with Crippen molar-refractivity contribution in [2.75, 3.05) is 20.9 Å². The van der Waals surface area contributed by atoms with Gasteiger partial charge in [0.1, 0.15) is 6.54 Å². The minimum atomic E-state index is -4.79. The lowest BCUT2D eigenvalue weighted by molar-refractivity contribution is -0.137. The standard InChI is InChI=1S/C28H22Cl2F3N3O5S2/c1-18-15-19(29)7-14-26(18)36(43(40,41)23-5-3-2-4-6-23)17-27(37)34-20-8-11-22(12-9-20)42(38,39)35-21-10-13-25(30)24(16-21)28(31,32)33/h2-16,35H,17H2,1H3,(H,34,37). The minimum Gasteiger partial charge on any atom is -0.325 e. The van der Waals surface area contributed by atoms with Crippen molar-refractivity contribution in [3.8, 4) is 0 Å². The number of benzene rings is 4. The fourth-order valence-corrected chi connectivity index (χ4v) is 6.99. The zero-order chi connectivity index (χ0) is 31.6. The third kappa shape index (κ3) is 7.60. The summed E-state index contributed by atoms with van der Waals surface area (Å²) in [6, 6.07) is 19.4. The first-order valence-corrected chi connectivity index (χ1v) is 15.9. The highest BCUT2D eigenvalue weighted by Crippen LogP contribution is 2.36. The zero-order valence-electron chi connectivity index (χ0n) is 22.1. The SMILES string of the molecule is Cc1cc(Cl)ccc1N(CC(=O)Nc1ccc(S(=O)(=O)Nc2ccc(Cl)c(C(F)(F)F)c2)cc1)S(=O)(=O)c1ccccc1. The number of nitrogens with one attached hydrogen (secondary N) is 2. The van der Waals surface area contributed by atoms with Gasteiger partial charge >= 0.3 is 6.18 Å². The number of anilines is 3. The number of amides is 1. The molecular formula is C28H22Cl2F3N3O5S2. The Morgan fingerprint density at radius 3 is 2.05 bits per heavy atom. The molecule has 0 heterocycles. The van der Waals surface area contributed by atoms with E-state index in [0.29, 0.717) is 16.7 Å².